The maximum atomic E-state index is 7.43. The zero-order valence-corrected chi connectivity index (χ0v) is 10.5. The van der Waals surface area contributed by atoms with E-state index in [1.165, 1.54) is 10.9 Å². The highest BCUT2D eigenvalue weighted by molar-refractivity contribution is 5.99. The molecule has 2 nitrogen and oxygen atoms in total. The maximum absolute atomic E-state index is 7.43. The van der Waals surface area contributed by atoms with Gasteiger partial charge in [0.1, 0.15) is 5.84 Å². The molecule has 0 aliphatic rings. The number of rotatable bonds is 1. The molecule has 2 rings (SSSR count). The molecule has 0 unspecified atom stereocenters. The molecule has 0 bridgehead atoms. The first-order valence-corrected chi connectivity index (χ1v) is 5.76. The first-order chi connectivity index (χ1) is 7.88. The number of nitrogens with two attached hydrogens (primary N) is 1. The molecule has 0 amide bonds. The molecule has 3 N–H and O–H groups in total. The summed E-state index contributed by atoms with van der Waals surface area (Å²) in [5, 5.41) is 9.76. The van der Waals surface area contributed by atoms with Gasteiger partial charge in [0.2, 0.25) is 0 Å². The Labute approximate surface area is 102 Å². The fraction of sp³-hybridized carbons (Fsp3) is 0.267. The average molecular weight is 226 g/mol. The highest BCUT2D eigenvalue weighted by Crippen LogP contribution is 2.26. The fourth-order valence-corrected chi connectivity index (χ4v) is 1.88. The minimum Gasteiger partial charge on any atom is -0.384 e. The number of benzene rings is 2. The van der Waals surface area contributed by atoms with Gasteiger partial charge in [-0.2, -0.15) is 0 Å². The largest absolute Gasteiger partial charge is 0.384 e. The summed E-state index contributed by atoms with van der Waals surface area (Å²) < 4.78 is 0. The summed E-state index contributed by atoms with van der Waals surface area (Å²) in [6.07, 6.45) is 0. The molecule has 17 heavy (non-hydrogen) atoms. The van der Waals surface area contributed by atoms with Crippen LogP contribution in [0.4, 0.5) is 0 Å². The van der Waals surface area contributed by atoms with Gasteiger partial charge in [-0.3, -0.25) is 5.41 Å². The summed E-state index contributed by atoms with van der Waals surface area (Å²) in [4.78, 5) is 0. The van der Waals surface area contributed by atoms with E-state index in [9.17, 15) is 0 Å². The van der Waals surface area contributed by atoms with Crippen LogP contribution in [0.5, 0.6) is 0 Å². The first-order valence-electron chi connectivity index (χ1n) is 5.76. The van der Waals surface area contributed by atoms with Crippen LogP contribution in [0, 0.1) is 5.41 Å². The van der Waals surface area contributed by atoms with Crippen molar-refractivity contribution in [2.45, 2.75) is 26.2 Å². The molecular formula is C15H18N2. The van der Waals surface area contributed by atoms with Gasteiger partial charge in [0.15, 0.2) is 0 Å². The molecule has 0 saturated heterocycles. The summed E-state index contributed by atoms with van der Waals surface area (Å²) in [6.45, 7) is 6.62. The minimum absolute atomic E-state index is 0.117. The van der Waals surface area contributed by atoms with Crippen LogP contribution in [0.2, 0.25) is 0 Å². The highest BCUT2D eigenvalue weighted by Gasteiger charge is 2.13. The van der Waals surface area contributed by atoms with Crippen molar-refractivity contribution in [2.24, 2.45) is 5.73 Å². The van der Waals surface area contributed by atoms with Crippen LogP contribution in [-0.4, -0.2) is 5.84 Å². The van der Waals surface area contributed by atoms with E-state index < -0.39 is 0 Å². The molecule has 2 aromatic carbocycles. The Morgan fingerprint density at radius 1 is 1.00 bits per heavy atom. The minimum atomic E-state index is 0.117. The van der Waals surface area contributed by atoms with Gasteiger partial charge in [-0.25, -0.2) is 0 Å². The molecule has 2 heteroatoms. The van der Waals surface area contributed by atoms with E-state index in [4.69, 9.17) is 11.1 Å². The van der Waals surface area contributed by atoms with Crippen LogP contribution in [-0.2, 0) is 5.41 Å². The second-order valence-corrected chi connectivity index (χ2v) is 5.44. The summed E-state index contributed by atoms with van der Waals surface area (Å²) in [5.41, 5.74) is 7.75. The SMILES string of the molecule is CC(C)(C)c1ccc2cc(C(=N)N)ccc2c1. The quantitative estimate of drug-likeness (QED) is 0.568. The number of nitrogen functional groups attached to an aromatic ring is 1. The summed E-state index contributed by atoms with van der Waals surface area (Å²) in [7, 11) is 0. The lowest BCUT2D eigenvalue weighted by Crippen LogP contribution is -2.11. The monoisotopic (exact) mass is 226 g/mol. The lowest BCUT2D eigenvalue weighted by Gasteiger charge is -2.19. The van der Waals surface area contributed by atoms with Crippen LogP contribution in [0.15, 0.2) is 36.4 Å². The van der Waals surface area contributed by atoms with Crippen LogP contribution in [0.1, 0.15) is 31.9 Å². The third-order valence-electron chi connectivity index (χ3n) is 3.02. The van der Waals surface area contributed by atoms with Crippen molar-refractivity contribution < 1.29 is 0 Å². The zero-order chi connectivity index (χ0) is 12.6. The van der Waals surface area contributed by atoms with Gasteiger partial charge in [-0.05, 0) is 27.8 Å². The van der Waals surface area contributed by atoms with Crippen molar-refractivity contribution in [1.82, 2.24) is 0 Å². The zero-order valence-electron chi connectivity index (χ0n) is 10.5. The topological polar surface area (TPSA) is 49.9 Å². The fourth-order valence-electron chi connectivity index (χ4n) is 1.88. The van der Waals surface area contributed by atoms with Crippen molar-refractivity contribution in [3.63, 3.8) is 0 Å². The van der Waals surface area contributed by atoms with Gasteiger partial charge in [0.05, 0.1) is 0 Å². The summed E-state index contributed by atoms with van der Waals surface area (Å²) in [5.74, 6) is 0.117. The van der Waals surface area contributed by atoms with Gasteiger partial charge in [0.25, 0.3) is 0 Å². The molecule has 2 aromatic rings. The van der Waals surface area contributed by atoms with E-state index in [0.717, 1.165) is 10.9 Å². The molecule has 0 heterocycles. The second-order valence-electron chi connectivity index (χ2n) is 5.44. The molecule has 0 saturated carbocycles. The van der Waals surface area contributed by atoms with Gasteiger partial charge in [-0.1, -0.05) is 51.1 Å². The third kappa shape index (κ3) is 2.31. The van der Waals surface area contributed by atoms with Crippen molar-refractivity contribution in [1.29, 1.82) is 5.41 Å². The standard InChI is InChI=1S/C15H18N2/c1-15(2,3)13-7-6-10-8-12(14(16)17)5-4-11(10)9-13/h4-9H,1-3H3,(H3,16,17). The predicted molar refractivity (Wildman–Crippen MR) is 73.7 cm³/mol. The van der Waals surface area contributed by atoms with Crippen molar-refractivity contribution in [2.75, 3.05) is 0 Å². The van der Waals surface area contributed by atoms with E-state index in [0.29, 0.717) is 0 Å². The number of amidine groups is 1. The Hall–Kier alpha value is -1.83. The lowest BCUT2D eigenvalue weighted by molar-refractivity contribution is 0.591. The Morgan fingerprint density at radius 3 is 2.18 bits per heavy atom. The second kappa shape index (κ2) is 3.88. The van der Waals surface area contributed by atoms with Crippen molar-refractivity contribution in [3.8, 4) is 0 Å². The van der Waals surface area contributed by atoms with Crippen LogP contribution < -0.4 is 5.73 Å². The van der Waals surface area contributed by atoms with E-state index in [1.54, 1.807) is 0 Å². The number of fused-ring (bicyclic) bond motifs is 1. The smallest absolute Gasteiger partial charge is 0.122 e. The lowest BCUT2D eigenvalue weighted by atomic mass is 9.86. The average Bonchev–Trinajstić information content (AvgIpc) is 2.26. The molecule has 0 aromatic heterocycles. The number of hydrogen-bond acceptors (Lipinski definition) is 1. The van der Waals surface area contributed by atoms with Gasteiger partial charge >= 0.3 is 0 Å². The van der Waals surface area contributed by atoms with Crippen LogP contribution >= 0.6 is 0 Å². The van der Waals surface area contributed by atoms with Crippen LogP contribution in [0.3, 0.4) is 0 Å². The molecule has 0 aliphatic carbocycles. The predicted octanol–water partition coefficient (Wildman–Crippen LogP) is 3.42. The number of nitrogens with one attached hydrogen (secondary N) is 1. The van der Waals surface area contributed by atoms with Gasteiger partial charge < -0.3 is 5.73 Å². The number of hydrogen-bond donors (Lipinski definition) is 2. The summed E-state index contributed by atoms with van der Waals surface area (Å²) in [6, 6.07) is 12.3. The Morgan fingerprint density at radius 2 is 1.59 bits per heavy atom. The molecule has 0 aliphatic heterocycles. The molecule has 0 spiro atoms. The molecule has 0 atom stereocenters. The Bertz CT molecular complexity index is 577. The maximum Gasteiger partial charge on any atom is 0.122 e. The molecule has 0 radical (unpaired) electrons. The van der Waals surface area contributed by atoms with Crippen molar-refractivity contribution in [3.05, 3.63) is 47.5 Å². The van der Waals surface area contributed by atoms with E-state index in [2.05, 4.69) is 39.0 Å². The van der Waals surface area contributed by atoms with Crippen LogP contribution in [0.25, 0.3) is 10.8 Å². The molecule has 0 fully saturated rings. The Kier molecular flexibility index (Phi) is 2.66. The van der Waals surface area contributed by atoms with E-state index in [-0.39, 0.29) is 11.3 Å². The van der Waals surface area contributed by atoms with E-state index >= 15 is 0 Å². The molecule has 88 valence electrons. The van der Waals surface area contributed by atoms with Crippen molar-refractivity contribution >= 4 is 16.6 Å². The third-order valence-corrected chi connectivity index (χ3v) is 3.02. The first kappa shape index (κ1) is 11.6. The van der Waals surface area contributed by atoms with Gasteiger partial charge in [-0.15, -0.1) is 0 Å². The normalized spacial score (nSPS) is 11.7. The molecular weight excluding hydrogens is 208 g/mol. The van der Waals surface area contributed by atoms with Gasteiger partial charge in [0, 0.05) is 5.56 Å². The Balaban J connectivity index is 2.58. The van der Waals surface area contributed by atoms with E-state index in [1.807, 2.05) is 18.2 Å². The highest BCUT2D eigenvalue weighted by atomic mass is 14.7. The summed E-state index contributed by atoms with van der Waals surface area (Å²) >= 11 is 0.